The van der Waals surface area contributed by atoms with Crippen LogP contribution in [0.3, 0.4) is 0 Å². The molecule has 2 rings (SSSR count). The molecule has 0 N–H and O–H groups in total. The van der Waals surface area contributed by atoms with Gasteiger partial charge in [-0.15, -0.1) is 0 Å². The first-order chi connectivity index (χ1) is 9.41. The summed E-state index contributed by atoms with van der Waals surface area (Å²) < 4.78 is 0. The summed E-state index contributed by atoms with van der Waals surface area (Å²) in [4.78, 5) is 12.6. The fourth-order valence-electron chi connectivity index (χ4n) is 2.07. The Morgan fingerprint density at radius 2 is 1.65 bits per heavy atom. The van der Waals surface area contributed by atoms with Crippen molar-refractivity contribution >= 4 is 29.0 Å². The van der Waals surface area contributed by atoms with E-state index in [2.05, 4.69) is 0 Å². The van der Waals surface area contributed by atoms with E-state index in [0.29, 0.717) is 16.5 Å². The molecular weight excluding hydrogens is 291 g/mol. The third-order valence-electron chi connectivity index (χ3n) is 3.54. The van der Waals surface area contributed by atoms with E-state index in [1.165, 1.54) is 0 Å². The lowest BCUT2D eigenvalue weighted by atomic mass is 9.78. The van der Waals surface area contributed by atoms with E-state index in [1.54, 1.807) is 12.1 Å². The van der Waals surface area contributed by atoms with Crippen LogP contribution in [0, 0.1) is 0 Å². The van der Waals surface area contributed by atoms with Gasteiger partial charge in [0.1, 0.15) is 5.78 Å². The molecule has 104 valence electrons. The molecule has 0 spiro atoms. The van der Waals surface area contributed by atoms with E-state index in [-0.39, 0.29) is 5.78 Å². The van der Waals surface area contributed by atoms with E-state index in [0.717, 1.165) is 11.1 Å². The Morgan fingerprint density at radius 1 is 1.00 bits per heavy atom. The van der Waals surface area contributed by atoms with Gasteiger partial charge in [-0.05, 0) is 37.1 Å². The van der Waals surface area contributed by atoms with E-state index in [9.17, 15) is 4.79 Å². The Hall–Kier alpha value is -1.31. The van der Waals surface area contributed by atoms with Crippen LogP contribution in [0.25, 0.3) is 0 Å². The summed E-state index contributed by atoms with van der Waals surface area (Å²) in [5, 5.41) is 0.986. The molecule has 0 heterocycles. The topological polar surface area (TPSA) is 17.1 Å². The van der Waals surface area contributed by atoms with Crippen molar-refractivity contribution < 1.29 is 4.79 Å². The number of benzene rings is 2. The van der Waals surface area contributed by atoms with E-state index < -0.39 is 5.41 Å². The van der Waals surface area contributed by atoms with Crippen molar-refractivity contribution in [2.75, 3.05) is 0 Å². The van der Waals surface area contributed by atoms with Gasteiger partial charge in [0.15, 0.2) is 0 Å². The maximum Gasteiger partial charge on any atom is 0.147 e. The molecule has 0 radical (unpaired) electrons. The highest BCUT2D eigenvalue weighted by atomic mass is 35.5. The number of carbonyl (C=O) groups excluding carboxylic acids is 1. The third kappa shape index (κ3) is 3.23. The molecule has 0 saturated heterocycles. The van der Waals surface area contributed by atoms with Crippen LogP contribution in [0.2, 0.25) is 10.0 Å². The van der Waals surface area contributed by atoms with Crippen LogP contribution in [0.15, 0.2) is 48.5 Å². The van der Waals surface area contributed by atoms with Gasteiger partial charge in [0.2, 0.25) is 0 Å². The molecule has 0 bridgehead atoms. The number of Topliss-reactive ketones (excluding diaryl/α,β-unsaturated/α-hetero) is 1. The van der Waals surface area contributed by atoms with Crippen molar-refractivity contribution in [1.29, 1.82) is 0 Å². The molecule has 2 aromatic rings. The zero-order chi connectivity index (χ0) is 14.8. The van der Waals surface area contributed by atoms with Crippen LogP contribution in [0.4, 0.5) is 0 Å². The molecule has 0 unspecified atom stereocenters. The van der Waals surface area contributed by atoms with Crippen LogP contribution < -0.4 is 0 Å². The minimum absolute atomic E-state index is 0.155. The molecule has 20 heavy (non-hydrogen) atoms. The van der Waals surface area contributed by atoms with Crippen LogP contribution in [0.5, 0.6) is 0 Å². The molecule has 0 aliphatic rings. The lowest BCUT2D eigenvalue weighted by Gasteiger charge is -2.23. The number of hydrogen-bond acceptors (Lipinski definition) is 1. The summed E-state index contributed by atoms with van der Waals surface area (Å²) in [5.74, 6) is 0.155. The second kappa shape index (κ2) is 5.99. The van der Waals surface area contributed by atoms with E-state index in [1.807, 2.05) is 50.2 Å². The first-order valence-corrected chi connectivity index (χ1v) is 7.19. The quantitative estimate of drug-likeness (QED) is 0.769. The van der Waals surface area contributed by atoms with Crippen molar-refractivity contribution in [3.63, 3.8) is 0 Å². The highest BCUT2D eigenvalue weighted by molar-refractivity contribution is 6.42. The Labute approximate surface area is 129 Å². The Kier molecular flexibility index (Phi) is 4.52. The number of hydrogen-bond donors (Lipinski definition) is 0. The standard InChI is InChI=1S/C17H16Cl2O/c1-17(2,13-6-4-3-5-7-13)16(20)11-12-8-9-14(18)15(19)10-12/h3-10H,11H2,1-2H3. The molecule has 0 amide bonds. The summed E-state index contributed by atoms with van der Waals surface area (Å²) in [6.07, 6.45) is 0.346. The Morgan fingerprint density at radius 3 is 2.25 bits per heavy atom. The first-order valence-electron chi connectivity index (χ1n) is 6.44. The molecule has 0 aromatic heterocycles. The van der Waals surface area contributed by atoms with Gasteiger partial charge in [0.25, 0.3) is 0 Å². The summed E-state index contributed by atoms with van der Waals surface area (Å²) in [6.45, 7) is 3.89. The molecule has 0 atom stereocenters. The smallest absolute Gasteiger partial charge is 0.147 e. The zero-order valence-corrected chi connectivity index (χ0v) is 13.0. The average molecular weight is 307 g/mol. The maximum absolute atomic E-state index is 12.6. The average Bonchev–Trinajstić information content (AvgIpc) is 2.44. The fraction of sp³-hybridized carbons (Fsp3) is 0.235. The van der Waals surface area contributed by atoms with Crippen molar-refractivity contribution in [2.45, 2.75) is 25.7 Å². The third-order valence-corrected chi connectivity index (χ3v) is 4.28. The van der Waals surface area contributed by atoms with Gasteiger partial charge in [-0.2, -0.15) is 0 Å². The monoisotopic (exact) mass is 306 g/mol. The lowest BCUT2D eigenvalue weighted by Crippen LogP contribution is -2.30. The van der Waals surface area contributed by atoms with Crippen LogP contribution >= 0.6 is 23.2 Å². The van der Waals surface area contributed by atoms with Gasteiger partial charge in [0, 0.05) is 11.8 Å². The van der Waals surface area contributed by atoms with Crippen molar-refractivity contribution in [3.05, 3.63) is 69.7 Å². The number of rotatable bonds is 4. The minimum atomic E-state index is -0.520. The van der Waals surface area contributed by atoms with E-state index >= 15 is 0 Å². The van der Waals surface area contributed by atoms with E-state index in [4.69, 9.17) is 23.2 Å². The largest absolute Gasteiger partial charge is 0.298 e. The van der Waals surface area contributed by atoms with Crippen LogP contribution in [-0.2, 0) is 16.6 Å². The Balaban J connectivity index is 2.21. The second-order valence-electron chi connectivity index (χ2n) is 5.34. The molecule has 0 fully saturated rings. The van der Waals surface area contributed by atoms with Gasteiger partial charge in [-0.3, -0.25) is 4.79 Å². The Bertz CT molecular complexity index is 618. The molecule has 2 aromatic carbocycles. The minimum Gasteiger partial charge on any atom is -0.298 e. The number of halogens is 2. The number of carbonyl (C=O) groups is 1. The highest BCUT2D eigenvalue weighted by Crippen LogP contribution is 2.27. The lowest BCUT2D eigenvalue weighted by molar-refractivity contribution is -0.122. The second-order valence-corrected chi connectivity index (χ2v) is 6.15. The molecular formula is C17H16Cl2O. The van der Waals surface area contributed by atoms with Gasteiger partial charge in [-0.25, -0.2) is 0 Å². The predicted molar refractivity (Wildman–Crippen MR) is 84.6 cm³/mol. The van der Waals surface area contributed by atoms with Gasteiger partial charge in [-0.1, -0.05) is 59.6 Å². The predicted octanol–water partition coefficient (Wildman–Crippen LogP) is 5.08. The van der Waals surface area contributed by atoms with Gasteiger partial charge >= 0.3 is 0 Å². The highest BCUT2D eigenvalue weighted by Gasteiger charge is 2.29. The molecule has 0 saturated carbocycles. The van der Waals surface area contributed by atoms with Crippen molar-refractivity contribution in [3.8, 4) is 0 Å². The van der Waals surface area contributed by atoms with Crippen molar-refractivity contribution in [1.82, 2.24) is 0 Å². The maximum atomic E-state index is 12.6. The summed E-state index contributed by atoms with van der Waals surface area (Å²) in [5.41, 5.74) is 1.38. The van der Waals surface area contributed by atoms with Gasteiger partial charge in [0.05, 0.1) is 10.0 Å². The van der Waals surface area contributed by atoms with Crippen LogP contribution in [-0.4, -0.2) is 5.78 Å². The molecule has 1 nitrogen and oxygen atoms in total. The fourth-order valence-corrected chi connectivity index (χ4v) is 2.39. The zero-order valence-electron chi connectivity index (χ0n) is 11.5. The molecule has 0 aliphatic carbocycles. The summed E-state index contributed by atoms with van der Waals surface area (Å²) in [7, 11) is 0. The first kappa shape index (κ1) is 15.1. The SMILES string of the molecule is CC(C)(C(=O)Cc1ccc(Cl)c(Cl)c1)c1ccccc1. The normalized spacial score (nSPS) is 11.4. The molecule has 3 heteroatoms. The van der Waals surface area contributed by atoms with Gasteiger partial charge < -0.3 is 0 Å². The summed E-state index contributed by atoms with van der Waals surface area (Å²) in [6, 6.07) is 15.1. The van der Waals surface area contributed by atoms with Crippen LogP contribution in [0.1, 0.15) is 25.0 Å². The van der Waals surface area contributed by atoms with Crippen molar-refractivity contribution in [2.24, 2.45) is 0 Å². The molecule has 0 aliphatic heterocycles. The summed E-state index contributed by atoms with van der Waals surface area (Å²) >= 11 is 11.9. The number of ketones is 1.